The van der Waals surface area contributed by atoms with E-state index in [4.69, 9.17) is 0 Å². The largest absolute Gasteiger partial charge is 0.394 e. The quantitative estimate of drug-likeness (QED) is 0.810. The number of aliphatic hydroxyl groups is 1. The van der Waals surface area contributed by atoms with E-state index in [0.29, 0.717) is 5.56 Å². The Bertz CT molecular complexity index is 475. The number of carbonyl (C=O) groups is 1. The molecule has 0 aromatic carbocycles. The fourth-order valence-electron chi connectivity index (χ4n) is 1.84. The van der Waals surface area contributed by atoms with Gasteiger partial charge in [-0.1, -0.05) is 20.8 Å². The molecule has 0 saturated carbocycles. The van der Waals surface area contributed by atoms with Gasteiger partial charge in [-0.2, -0.15) is 0 Å². The number of amides is 1. The molecule has 0 aliphatic rings. The van der Waals surface area contributed by atoms with Crippen molar-refractivity contribution in [3.05, 3.63) is 23.4 Å². The van der Waals surface area contributed by atoms with Crippen LogP contribution < -0.4 is 5.32 Å². The summed E-state index contributed by atoms with van der Waals surface area (Å²) in [5, 5.41) is 12.4. The maximum Gasteiger partial charge on any atom is 0.254 e. The van der Waals surface area contributed by atoms with Crippen LogP contribution >= 0.6 is 0 Å². The second-order valence-electron chi connectivity index (χ2n) is 5.70. The van der Waals surface area contributed by atoms with Gasteiger partial charge in [-0.15, -0.1) is 0 Å². The van der Waals surface area contributed by atoms with Gasteiger partial charge >= 0.3 is 0 Å². The van der Waals surface area contributed by atoms with Crippen molar-refractivity contribution < 1.29 is 9.90 Å². The number of nitrogens with one attached hydrogen (secondary N) is 1. The topological polar surface area (TPSA) is 65.5 Å². The number of anilines is 1. The lowest BCUT2D eigenvalue weighted by atomic mass is 10.1. The van der Waals surface area contributed by atoms with Gasteiger partial charge in [0, 0.05) is 24.8 Å². The highest BCUT2D eigenvalue weighted by atomic mass is 16.3. The molecule has 0 aliphatic heterocycles. The maximum absolute atomic E-state index is 12.5. The molecule has 1 atom stereocenters. The number of aliphatic hydroxyl groups excluding tert-OH is 1. The van der Waals surface area contributed by atoms with Crippen molar-refractivity contribution in [1.29, 1.82) is 0 Å². The lowest BCUT2D eigenvalue weighted by molar-refractivity contribution is 0.0682. The summed E-state index contributed by atoms with van der Waals surface area (Å²) in [5.74, 6) is 0.886. The van der Waals surface area contributed by atoms with Crippen molar-refractivity contribution in [3.63, 3.8) is 0 Å². The summed E-state index contributed by atoms with van der Waals surface area (Å²) in [6.07, 6.45) is 0.998. The summed E-state index contributed by atoms with van der Waals surface area (Å²) < 4.78 is 0. The molecule has 0 fully saturated rings. The van der Waals surface area contributed by atoms with Crippen molar-refractivity contribution >= 4 is 11.7 Å². The molecule has 5 nitrogen and oxygen atoms in total. The Morgan fingerprint density at radius 3 is 2.57 bits per heavy atom. The zero-order valence-corrected chi connectivity index (χ0v) is 13.7. The first-order chi connectivity index (χ1) is 9.90. The first-order valence-corrected chi connectivity index (χ1v) is 7.54. The maximum atomic E-state index is 12.5. The summed E-state index contributed by atoms with van der Waals surface area (Å²) in [6, 6.07) is 3.41. The third kappa shape index (κ3) is 4.70. The predicted molar refractivity (Wildman–Crippen MR) is 85.7 cm³/mol. The van der Waals surface area contributed by atoms with Crippen molar-refractivity contribution in [2.24, 2.45) is 0 Å². The molecule has 1 aromatic heterocycles. The molecule has 0 bridgehead atoms. The number of rotatable bonds is 7. The molecule has 0 saturated heterocycles. The van der Waals surface area contributed by atoms with Crippen LogP contribution in [-0.4, -0.2) is 47.1 Å². The third-order valence-electron chi connectivity index (χ3n) is 3.49. The van der Waals surface area contributed by atoms with Crippen molar-refractivity contribution in [3.8, 4) is 0 Å². The number of nitrogens with zero attached hydrogens (tertiary/aromatic N) is 2. The van der Waals surface area contributed by atoms with Gasteiger partial charge < -0.3 is 15.3 Å². The predicted octanol–water partition coefficient (Wildman–Crippen LogP) is 2.48. The number of hydrogen-bond donors (Lipinski definition) is 2. The normalized spacial score (nSPS) is 12.3. The molecule has 2 N–H and O–H groups in total. The van der Waals surface area contributed by atoms with Crippen LogP contribution in [0.3, 0.4) is 0 Å². The molecule has 21 heavy (non-hydrogen) atoms. The third-order valence-corrected chi connectivity index (χ3v) is 3.49. The Kier molecular flexibility index (Phi) is 6.62. The van der Waals surface area contributed by atoms with Crippen LogP contribution in [0.4, 0.5) is 5.82 Å². The van der Waals surface area contributed by atoms with Gasteiger partial charge in [-0.25, -0.2) is 4.98 Å². The zero-order chi connectivity index (χ0) is 16.0. The number of aromatic nitrogens is 1. The highest BCUT2D eigenvalue weighted by Crippen LogP contribution is 2.19. The van der Waals surface area contributed by atoms with E-state index in [2.05, 4.69) is 31.1 Å². The lowest BCUT2D eigenvalue weighted by Crippen LogP contribution is -2.37. The van der Waals surface area contributed by atoms with Crippen molar-refractivity contribution in [1.82, 2.24) is 9.88 Å². The fraction of sp³-hybridized carbons (Fsp3) is 0.625. The molecular formula is C16H27N3O2. The van der Waals surface area contributed by atoms with E-state index in [1.54, 1.807) is 18.0 Å². The first-order valence-electron chi connectivity index (χ1n) is 7.54. The van der Waals surface area contributed by atoms with E-state index >= 15 is 0 Å². The molecule has 1 amide bonds. The zero-order valence-electron chi connectivity index (χ0n) is 13.7. The molecule has 1 unspecified atom stereocenters. The van der Waals surface area contributed by atoms with Gasteiger partial charge in [0.15, 0.2) is 0 Å². The summed E-state index contributed by atoms with van der Waals surface area (Å²) >= 11 is 0. The molecular weight excluding hydrogens is 266 g/mol. The highest BCUT2D eigenvalue weighted by molar-refractivity contribution is 5.95. The lowest BCUT2D eigenvalue weighted by Gasteiger charge is -2.24. The Morgan fingerprint density at radius 1 is 1.38 bits per heavy atom. The summed E-state index contributed by atoms with van der Waals surface area (Å²) in [5.41, 5.74) is 1.50. The second-order valence-corrected chi connectivity index (χ2v) is 5.70. The SMILES string of the molecule is CCCNc1cc(C(=O)N(C)C(C)CO)cc(C(C)C)n1. The molecule has 5 heteroatoms. The van der Waals surface area contributed by atoms with Crippen LogP contribution in [0.1, 0.15) is 56.1 Å². The Labute approximate surface area is 127 Å². The highest BCUT2D eigenvalue weighted by Gasteiger charge is 2.19. The van der Waals surface area contributed by atoms with Crippen LogP contribution in [0.25, 0.3) is 0 Å². The first kappa shape index (κ1) is 17.4. The van der Waals surface area contributed by atoms with Gasteiger partial charge in [-0.05, 0) is 31.4 Å². The van der Waals surface area contributed by atoms with E-state index in [0.717, 1.165) is 24.5 Å². The van der Waals surface area contributed by atoms with Crippen LogP contribution in [-0.2, 0) is 0 Å². The van der Waals surface area contributed by atoms with Crippen molar-refractivity contribution in [2.45, 2.75) is 46.1 Å². The Morgan fingerprint density at radius 2 is 2.05 bits per heavy atom. The number of hydrogen-bond acceptors (Lipinski definition) is 4. The molecule has 0 spiro atoms. The molecule has 1 aromatic rings. The van der Waals surface area contributed by atoms with E-state index in [1.165, 1.54) is 0 Å². The molecule has 1 heterocycles. The van der Waals surface area contributed by atoms with Gasteiger partial charge in [0.05, 0.1) is 12.6 Å². The minimum Gasteiger partial charge on any atom is -0.394 e. The Hall–Kier alpha value is -1.62. The average Bonchev–Trinajstić information content (AvgIpc) is 2.50. The van der Waals surface area contributed by atoms with Crippen LogP contribution in [0.5, 0.6) is 0 Å². The summed E-state index contributed by atoms with van der Waals surface area (Å²) in [7, 11) is 1.71. The minimum atomic E-state index is -0.208. The van der Waals surface area contributed by atoms with Gasteiger partial charge in [-0.3, -0.25) is 4.79 Å². The Balaban J connectivity index is 3.09. The standard InChI is InChI=1S/C16H27N3O2/c1-6-7-17-15-9-13(8-14(18-15)11(2)3)16(21)19(5)12(4)10-20/h8-9,11-12,20H,6-7,10H2,1-5H3,(H,17,18). The van der Waals surface area contributed by atoms with Crippen LogP contribution in [0, 0.1) is 0 Å². The van der Waals surface area contributed by atoms with E-state index in [1.807, 2.05) is 13.0 Å². The molecule has 0 radical (unpaired) electrons. The number of carbonyl (C=O) groups excluding carboxylic acids is 1. The second kappa shape index (κ2) is 7.98. The van der Waals surface area contributed by atoms with E-state index < -0.39 is 0 Å². The number of pyridine rings is 1. The summed E-state index contributed by atoms with van der Waals surface area (Å²) in [4.78, 5) is 18.6. The van der Waals surface area contributed by atoms with Crippen molar-refractivity contribution in [2.75, 3.05) is 25.5 Å². The van der Waals surface area contributed by atoms with E-state index in [-0.39, 0.29) is 24.5 Å². The minimum absolute atomic E-state index is 0.0503. The summed E-state index contributed by atoms with van der Waals surface area (Å²) in [6.45, 7) is 8.79. The molecule has 1 rings (SSSR count). The van der Waals surface area contributed by atoms with Crippen LogP contribution in [0.2, 0.25) is 0 Å². The molecule has 0 aliphatic carbocycles. The fourth-order valence-corrected chi connectivity index (χ4v) is 1.84. The monoisotopic (exact) mass is 293 g/mol. The molecule has 118 valence electrons. The number of likely N-dealkylation sites (N-methyl/N-ethyl adjacent to an activating group) is 1. The van der Waals surface area contributed by atoms with Gasteiger partial charge in [0.1, 0.15) is 5.82 Å². The van der Waals surface area contributed by atoms with Gasteiger partial charge in [0.25, 0.3) is 5.91 Å². The van der Waals surface area contributed by atoms with Crippen LogP contribution in [0.15, 0.2) is 12.1 Å². The van der Waals surface area contributed by atoms with E-state index in [9.17, 15) is 9.90 Å². The average molecular weight is 293 g/mol. The smallest absolute Gasteiger partial charge is 0.254 e. The van der Waals surface area contributed by atoms with Gasteiger partial charge in [0.2, 0.25) is 0 Å².